The summed E-state index contributed by atoms with van der Waals surface area (Å²) in [5.41, 5.74) is 0.815. The van der Waals surface area contributed by atoms with E-state index in [9.17, 15) is 14.7 Å². The van der Waals surface area contributed by atoms with Crippen molar-refractivity contribution in [1.82, 2.24) is 24.5 Å². The molecule has 1 saturated heterocycles. The second-order valence-electron chi connectivity index (χ2n) is 9.09. The Hall–Kier alpha value is -3.96. The molecule has 5 rings (SSSR count). The van der Waals surface area contributed by atoms with E-state index >= 15 is 0 Å². The van der Waals surface area contributed by atoms with Crippen LogP contribution >= 0.6 is 11.6 Å². The second-order valence-corrected chi connectivity index (χ2v) is 9.49. The Labute approximate surface area is 216 Å². The molecule has 1 fully saturated rings. The van der Waals surface area contributed by atoms with Gasteiger partial charge in [-0.15, -0.1) is 0 Å². The summed E-state index contributed by atoms with van der Waals surface area (Å²) in [5, 5.41) is 21.6. The van der Waals surface area contributed by atoms with E-state index in [0.29, 0.717) is 30.0 Å². The van der Waals surface area contributed by atoms with Gasteiger partial charge in [-0.25, -0.2) is 4.98 Å². The standard InChI is InChI=1S/C25H25ClN6O5/c1-14(23-30-21(22(33)25(35)31(23)2)24(34)29-17-8-28-37-13-17)20(18-5-3-4-6-19(18)26)16-7-27-32(10-16)9-15-11-36-12-15/h3-8,10,13-15,20,33H,9,11-12H2,1-2H3,(H,29,34)/t14-,20-/m1/s1. The topological polar surface area (TPSA) is 137 Å². The molecule has 0 unspecified atom stereocenters. The number of amides is 1. The van der Waals surface area contributed by atoms with E-state index in [1.807, 2.05) is 36.0 Å². The third-order valence-corrected chi connectivity index (χ3v) is 6.86. The molecule has 2 N–H and O–H groups in total. The summed E-state index contributed by atoms with van der Waals surface area (Å²) >= 11 is 6.63. The fourth-order valence-electron chi connectivity index (χ4n) is 4.54. The van der Waals surface area contributed by atoms with Crippen molar-refractivity contribution in [2.45, 2.75) is 25.3 Å². The zero-order valence-corrected chi connectivity index (χ0v) is 20.9. The smallest absolute Gasteiger partial charge is 0.296 e. The van der Waals surface area contributed by atoms with E-state index in [0.717, 1.165) is 17.7 Å². The van der Waals surface area contributed by atoms with Crippen LogP contribution in [0.15, 0.2) is 58.4 Å². The van der Waals surface area contributed by atoms with E-state index in [4.69, 9.17) is 20.9 Å². The summed E-state index contributed by atoms with van der Waals surface area (Å²) in [5.74, 6) is -1.60. The fraction of sp³-hybridized carbons (Fsp3) is 0.320. The Morgan fingerprint density at radius 3 is 2.76 bits per heavy atom. The van der Waals surface area contributed by atoms with E-state index < -0.39 is 28.8 Å². The number of hydrogen-bond donors (Lipinski definition) is 2. The van der Waals surface area contributed by atoms with Crippen molar-refractivity contribution in [2.75, 3.05) is 18.5 Å². The van der Waals surface area contributed by atoms with E-state index in [-0.39, 0.29) is 11.6 Å². The van der Waals surface area contributed by atoms with Crippen molar-refractivity contribution in [2.24, 2.45) is 13.0 Å². The molecule has 3 aromatic heterocycles. The van der Waals surface area contributed by atoms with E-state index in [1.54, 1.807) is 12.3 Å². The Morgan fingerprint density at radius 2 is 2.08 bits per heavy atom. The minimum atomic E-state index is -0.767. The molecular formula is C25H25ClN6O5. The first-order chi connectivity index (χ1) is 17.8. The maximum Gasteiger partial charge on any atom is 0.296 e. The lowest BCUT2D eigenvalue weighted by molar-refractivity contribution is -0.0408. The highest BCUT2D eigenvalue weighted by atomic mass is 35.5. The van der Waals surface area contributed by atoms with Crippen molar-refractivity contribution >= 4 is 23.2 Å². The summed E-state index contributed by atoms with van der Waals surface area (Å²) in [6.45, 7) is 4.04. The Bertz CT molecular complexity index is 1480. The third kappa shape index (κ3) is 4.87. The molecule has 0 bridgehead atoms. The number of hydrogen-bond acceptors (Lipinski definition) is 8. The lowest BCUT2D eigenvalue weighted by atomic mass is 9.82. The molecule has 192 valence electrons. The Balaban J connectivity index is 1.56. The van der Waals surface area contributed by atoms with Crippen molar-refractivity contribution < 1.29 is 19.2 Å². The highest BCUT2D eigenvalue weighted by Crippen LogP contribution is 2.40. The average Bonchev–Trinajstić information content (AvgIpc) is 3.54. The highest BCUT2D eigenvalue weighted by molar-refractivity contribution is 6.31. The minimum absolute atomic E-state index is 0.264. The number of rotatable bonds is 8. The van der Waals surface area contributed by atoms with Crippen molar-refractivity contribution in [3.8, 4) is 5.75 Å². The summed E-state index contributed by atoms with van der Waals surface area (Å²) in [4.78, 5) is 30.3. The number of benzene rings is 1. The van der Waals surface area contributed by atoms with Crippen LogP contribution in [0.5, 0.6) is 5.75 Å². The van der Waals surface area contributed by atoms with Crippen LogP contribution in [0.3, 0.4) is 0 Å². The largest absolute Gasteiger partial charge is 0.501 e. The van der Waals surface area contributed by atoms with Gasteiger partial charge in [0.1, 0.15) is 17.8 Å². The van der Waals surface area contributed by atoms with E-state index in [1.165, 1.54) is 24.1 Å². The van der Waals surface area contributed by atoms with Crippen molar-refractivity contribution in [1.29, 1.82) is 0 Å². The molecule has 2 atom stereocenters. The SMILES string of the molecule is C[C@@H](c1nc(C(=O)Nc2cnoc2)c(O)c(=O)n1C)[C@H](c1cnn(CC2COC2)c1)c1ccccc1Cl. The van der Waals surface area contributed by atoms with E-state index in [2.05, 4.69) is 20.6 Å². The number of halogens is 1. The first-order valence-electron chi connectivity index (χ1n) is 11.7. The first-order valence-corrected chi connectivity index (χ1v) is 12.1. The van der Waals surface area contributed by atoms with Gasteiger partial charge in [0.2, 0.25) is 5.75 Å². The maximum atomic E-state index is 13.0. The number of aromatic hydroxyl groups is 1. The van der Waals surface area contributed by atoms with Gasteiger partial charge in [-0.05, 0) is 17.2 Å². The fourth-order valence-corrected chi connectivity index (χ4v) is 4.79. The molecule has 1 aromatic carbocycles. The summed E-state index contributed by atoms with van der Waals surface area (Å²) in [6, 6.07) is 7.44. The normalized spacial score (nSPS) is 15.2. The van der Waals surface area contributed by atoms with Gasteiger partial charge in [0.05, 0.1) is 25.6 Å². The van der Waals surface area contributed by atoms with Crippen LogP contribution in [0.25, 0.3) is 0 Å². The number of carbonyl (C=O) groups is 1. The first kappa shape index (κ1) is 24.7. The minimum Gasteiger partial charge on any atom is -0.501 e. The summed E-state index contributed by atoms with van der Waals surface area (Å²) in [6.07, 6.45) is 6.25. The van der Waals surface area contributed by atoms with Crippen LogP contribution < -0.4 is 10.9 Å². The van der Waals surface area contributed by atoms with Gasteiger partial charge >= 0.3 is 0 Å². The van der Waals surface area contributed by atoms with Gasteiger partial charge in [0.25, 0.3) is 11.5 Å². The Kier molecular flexibility index (Phi) is 6.81. The van der Waals surface area contributed by atoms with Crippen LogP contribution in [-0.4, -0.2) is 48.7 Å². The van der Waals surface area contributed by atoms with Gasteiger partial charge in [-0.2, -0.15) is 5.10 Å². The Morgan fingerprint density at radius 1 is 1.30 bits per heavy atom. The predicted octanol–water partition coefficient (Wildman–Crippen LogP) is 3.16. The molecule has 11 nitrogen and oxygen atoms in total. The highest BCUT2D eigenvalue weighted by Gasteiger charge is 2.31. The number of anilines is 1. The maximum absolute atomic E-state index is 13.0. The molecule has 1 amide bonds. The molecule has 0 spiro atoms. The number of aromatic nitrogens is 5. The zero-order chi connectivity index (χ0) is 26.1. The lowest BCUT2D eigenvalue weighted by Crippen LogP contribution is -2.31. The number of nitrogens with zero attached hydrogens (tertiary/aromatic N) is 5. The van der Waals surface area contributed by atoms with Crippen LogP contribution in [0, 0.1) is 5.92 Å². The average molecular weight is 525 g/mol. The monoisotopic (exact) mass is 524 g/mol. The van der Waals surface area contributed by atoms with Crippen LogP contribution in [-0.2, 0) is 18.3 Å². The summed E-state index contributed by atoms with van der Waals surface area (Å²) in [7, 11) is 1.51. The zero-order valence-electron chi connectivity index (χ0n) is 20.2. The van der Waals surface area contributed by atoms with Crippen molar-refractivity contribution in [3.05, 3.63) is 87.1 Å². The van der Waals surface area contributed by atoms with Crippen LogP contribution in [0.4, 0.5) is 5.69 Å². The van der Waals surface area contributed by atoms with Crippen LogP contribution in [0.1, 0.15) is 46.2 Å². The molecule has 37 heavy (non-hydrogen) atoms. The number of carbonyl (C=O) groups excluding carboxylic acids is 1. The summed E-state index contributed by atoms with van der Waals surface area (Å²) < 4.78 is 13.1. The van der Waals surface area contributed by atoms with Crippen LogP contribution in [0.2, 0.25) is 5.02 Å². The number of nitrogens with one attached hydrogen (secondary N) is 1. The van der Waals surface area contributed by atoms with Gasteiger partial charge in [-0.3, -0.25) is 18.8 Å². The van der Waals surface area contributed by atoms with Gasteiger partial charge in [0, 0.05) is 42.6 Å². The van der Waals surface area contributed by atoms with Crippen molar-refractivity contribution in [3.63, 3.8) is 0 Å². The van der Waals surface area contributed by atoms with Gasteiger partial charge in [0.15, 0.2) is 5.69 Å². The molecule has 4 heterocycles. The molecule has 1 aliphatic heterocycles. The quantitative estimate of drug-likeness (QED) is 0.358. The molecule has 12 heteroatoms. The van der Waals surface area contributed by atoms with Gasteiger partial charge < -0.3 is 19.7 Å². The second kappa shape index (κ2) is 10.2. The lowest BCUT2D eigenvalue weighted by Gasteiger charge is -2.26. The third-order valence-electron chi connectivity index (χ3n) is 6.52. The molecule has 4 aromatic rings. The van der Waals surface area contributed by atoms with Gasteiger partial charge in [-0.1, -0.05) is 41.9 Å². The molecule has 0 aliphatic carbocycles. The molecule has 0 radical (unpaired) electrons. The predicted molar refractivity (Wildman–Crippen MR) is 134 cm³/mol. The molecular weight excluding hydrogens is 500 g/mol. The number of ether oxygens (including phenoxy) is 1. The molecule has 0 saturated carbocycles. The molecule has 1 aliphatic rings.